The SMILES string of the molecule is Cc1ccc2nc(NCc3ccc(C)c(C)c3)c(-c3noc(C)n3)cc2c1. The Morgan fingerprint density at radius 2 is 1.74 bits per heavy atom. The highest BCUT2D eigenvalue weighted by atomic mass is 16.5. The number of fused-ring (bicyclic) bond motifs is 1. The fraction of sp³-hybridized carbons (Fsp3) is 0.227. The van der Waals surface area contributed by atoms with Crippen LogP contribution in [0.3, 0.4) is 0 Å². The number of hydrogen-bond donors (Lipinski definition) is 1. The molecule has 0 bridgehead atoms. The van der Waals surface area contributed by atoms with Gasteiger partial charge in [0, 0.05) is 18.9 Å². The Bertz CT molecular complexity index is 1130. The zero-order chi connectivity index (χ0) is 19.0. The summed E-state index contributed by atoms with van der Waals surface area (Å²) in [6.45, 7) is 8.79. The molecule has 0 atom stereocenters. The van der Waals surface area contributed by atoms with Crippen molar-refractivity contribution >= 4 is 16.7 Å². The molecule has 5 heteroatoms. The molecule has 5 nitrogen and oxygen atoms in total. The van der Waals surface area contributed by atoms with E-state index in [-0.39, 0.29) is 0 Å². The first-order chi connectivity index (χ1) is 13.0. The van der Waals surface area contributed by atoms with Gasteiger partial charge in [-0.05, 0) is 55.7 Å². The van der Waals surface area contributed by atoms with Crippen molar-refractivity contribution in [2.24, 2.45) is 0 Å². The van der Waals surface area contributed by atoms with E-state index < -0.39 is 0 Å². The molecule has 0 saturated carbocycles. The van der Waals surface area contributed by atoms with Crippen LogP contribution in [-0.2, 0) is 6.54 Å². The maximum absolute atomic E-state index is 5.18. The molecule has 27 heavy (non-hydrogen) atoms. The van der Waals surface area contributed by atoms with Crippen LogP contribution in [0.2, 0.25) is 0 Å². The molecule has 136 valence electrons. The molecule has 0 unspecified atom stereocenters. The van der Waals surface area contributed by atoms with E-state index >= 15 is 0 Å². The molecule has 2 aromatic heterocycles. The molecule has 0 radical (unpaired) electrons. The fourth-order valence-electron chi connectivity index (χ4n) is 3.11. The second-order valence-electron chi connectivity index (χ2n) is 6.99. The smallest absolute Gasteiger partial charge is 0.223 e. The van der Waals surface area contributed by atoms with Crippen LogP contribution in [0.5, 0.6) is 0 Å². The average molecular weight is 358 g/mol. The number of aryl methyl sites for hydroxylation is 4. The number of nitrogens with zero attached hydrogens (tertiary/aromatic N) is 3. The Labute approximate surface area is 158 Å². The van der Waals surface area contributed by atoms with E-state index in [4.69, 9.17) is 9.51 Å². The number of nitrogens with one attached hydrogen (secondary N) is 1. The normalized spacial score (nSPS) is 11.1. The number of anilines is 1. The van der Waals surface area contributed by atoms with Crippen LogP contribution < -0.4 is 5.32 Å². The predicted octanol–water partition coefficient (Wildman–Crippen LogP) is 5.13. The fourth-order valence-corrected chi connectivity index (χ4v) is 3.11. The van der Waals surface area contributed by atoms with Gasteiger partial charge < -0.3 is 9.84 Å². The first kappa shape index (κ1) is 17.2. The van der Waals surface area contributed by atoms with E-state index in [0.717, 1.165) is 22.3 Å². The lowest BCUT2D eigenvalue weighted by Crippen LogP contribution is -2.04. The average Bonchev–Trinajstić information content (AvgIpc) is 3.08. The predicted molar refractivity (Wildman–Crippen MR) is 108 cm³/mol. The van der Waals surface area contributed by atoms with Crippen LogP contribution in [0.15, 0.2) is 47.0 Å². The number of benzene rings is 2. The molecule has 2 heterocycles. The summed E-state index contributed by atoms with van der Waals surface area (Å²) in [4.78, 5) is 9.22. The van der Waals surface area contributed by atoms with E-state index in [9.17, 15) is 0 Å². The standard InChI is InChI=1S/C22H22N4O/c1-13-5-8-20-18(9-13)11-19(22-24-16(4)27-26-22)21(25-20)23-12-17-7-6-14(2)15(3)10-17/h5-11H,12H2,1-4H3,(H,23,25). The van der Waals surface area contributed by atoms with E-state index in [0.29, 0.717) is 18.3 Å². The number of aromatic nitrogens is 3. The van der Waals surface area contributed by atoms with Crippen molar-refractivity contribution in [2.45, 2.75) is 34.2 Å². The van der Waals surface area contributed by atoms with Crippen molar-refractivity contribution < 1.29 is 4.52 Å². The number of rotatable bonds is 4. The third kappa shape index (κ3) is 3.53. The minimum atomic E-state index is 0.537. The van der Waals surface area contributed by atoms with E-state index in [1.807, 2.05) is 6.07 Å². The Kier molecular flexibility index (Phi) is 4.36. The number of hydrogen-bond acceptors (Lipinski definition) is 5. The minimum Gasteiger partial charge on any atom is -0.365 e. The second-order valence-corrected chi connectivity index (χ2v) is 6.99. The molecule has 2 aromatic carbocycles. The lowest BCUT2D eigenvalue weighted by Gasteiger charge is -2.12. The zero-order valence-electron chi connectivity index (χ0n) is 16.0. The topological polar surface area (TPSA) is 63.8 Å². The van der Waals surface area contributed by atoms with Crippen LogP contribution in [0.4, 0.5) is 5.82 Å². The van der Waals surface area contributed by atoms with Crippen LogP contribution in [-0.4, -0.2) is 15.1 Å². The molecule has 0 spiro atoms. The van der Waals surface area contributed by atoms with Crippen molar-refractivity contribution in [3.63, 3.8) is 0 Å². The van der Waals surface area contributed by atoms with Gasteiger partial charge >= 0.3 is 0 Å². The summed E-state index contributed by atoms with van der Waals surface area (Å²) >= 11 is 0. The Morgan fingerprint density at radius 1 is 0.889 bits per heavy atom. The van der Waals surface area contributed by atoms with Gasteiger partial charge in [0.1, 0.15) is 5.82 Å². The van der Waals surface area contributed by atoms with Crippen molar-refractivity contribution in [2.75, 3.05) is 5.32 Å². The highest BCUT2D eigenvalue weighted by Crippen LogP contribution is 2.29. The number of pyridine rings is 1. The van der Waals surface area contributed by atoms with Crippen LogP contribution in [0.25, 0.3) is 22.3 Å². The minimum absolute atomic E-state index is 0.537. The van der Waals surface area contributed by atoms with Gasteiger partial charge in [0.25, 0.3) is 0 Å². The molecular weight excluding hydrogens is 336 g/mol. The first-order valence-electron chi connectivity index (χ1n) is 9.02. The third-order valence-corrected chi connectivity index (χ3v) is 4.77. The summed E-state index contributed by atoms with van der Waals surface area (Å²) in [6, 6.07) is 14.8. The molecular formula is C22H22N4O. The van der Waals surface area contributed by atoms with E-state index in [2.05, 4.69) is 72.6 Å². The summed E-state index contributed by atoms with van der Waals surface area (Å²) in [5.74, 6) is 1.84. The maximum atomic E-state index is 5.18. The summed E-state index contributed by atoms with van der Waals surface area (Å²) in [5.41, 5.74) is 6.75. The second kappa shape index (κ2) is 6.83. The van der Waals surface area contributed by atoms with Gasteiger partial charge in [0.05, 0.1) is 11.1 Å². The largest absolute Gasteiger partial charge is 0.365 e. The van der Waals surface area contributed by atoms with Gasteiger partial charge in [-0.2, -0.15) is 4.98 Å². The van der Waals surface area contributed by atoms with Gasteiger partial charge in [0.2, 0.25) is 11.7 Å². The molecule has 0 fully saturated rings. The van der Waals surface area contributed by atoms with Gasteiger partial charge in [-0.1, -0.05) is 35.0 Å². The van der Waals surface area contributed by atoms with E-state index in [1.54, 1.807) is 6.92 Å². The van der Waals surface area contributed by atoms with Crippen molar-refractivity contribution in [3.8, 4) is 11.4 Å². The third-order valence-electron chi connectivity index (χ3n) is 4.77. The Hall–Kier alpha value is -3.21. The zero-order valence-corrected chi connectivity index (χ0v) is 16.0. The van der Waals surface area contributed by atoms with Gasteiger partial charge in [-0.3, -0.25) is 0 Å². The van der Waals surface area contributed by atoms with E-state index in [1.165, 1.54) is 22.3 Å². The molecule has 0 aliphatic carbocycles. The summed E-state index contributed by atoms with van der Waals surface area (Å²) < 4.78 is 5.18. The van der Waals surface area contributed by atoms with Crippen LogP contribution in [0, 0.1) is 27.7 Å². The monoisotopic (exact) mass is 358 g/mol. The molecule has 1 N–H and O–H groups in total. The van der Waals surface area contributed by atoms with Crippen molar-refractivity contribution in [1.29, 1.82) is 0 Å². The van der Waals surface area contributed by atoms with Gasteiger partial charge in [-0.25, -0.2) is 4.98 Å². The molecule has 0 saturated heterocycles. The highest BCUT2D eigenvalue weighted by molar-refractivity contribution is 5.88. The molecule has 0 aliphatic heterocycles. The lowest BCUT2D eigenvalue weighted by molar-refractivity contribution is 0.394. The summed E-state index contributed by atoms with van der Waals surface area (Å²) in [6.07, 6.45) is 0. The Morgan fingerprint density at radius 3 is 2.48 bits per heavy atom. The van der Waals surface area contributed by atoms with Crippen LogP contribution in [0.1, 0.15) is 28.1 Å². The van der Waals surface area contributed by atoms with Crippen LogP contribution >= 0.6 is 0 Å². The Balaban J connectivity index is 1.75. The molecule has 4 rings (SSSR count). The van der Waals surface area contributed by atoms with Crippen molar-refractivity contribution in [3.05, 3.63) is 70.6 Å². The summed E-state index contributed by atoms with van der Waals surface area (Å²) in [5, 5.41) is 8.61. The molecule has 4 aromatic rings. The maximum Gasteiger partial charge on any atom is 0.223 e. The molecule has 0 amide bonds. The summed E-state index contributed by atoms with van der Waals surface area (Å²) in [7, 11) is 0. The van der Waals surface area contributed by atoms with Gasteiger partial charge in [0.15, 0.2) is 0 Å². The highest BCUT2D eigenvalue weighted by Gasteiger charge is 2.14. The van der Waals surface area contributed by atoms with Gasteiger partial charge in [-0.15, -0.1) is 0 Å². The quantitative estimate of drug-likeness (QED) is 0.548. The lowest BCUT2D eigenvalue weighted by atomic mass is 10.1. The van der Waals surface area contributed by atoms with Crippen molar-refractivity contribution in [1.82, 2.24) is 15.1 Å². The molecule has 0 aliphatic rings. The first-order valence-corrected chi connectivity index (χ1v) is 9.02.